The molecule has 0 aliphatic carbocycles. The zero-order valence-corrected chi connectivity index (χ0v) is 14.7. The van der Waals surface area contributed by atoms with Crippen LogP contribution in [0.5, 0.6) is 0 Å². The molecule has 1 heterocycles. The molecule has 19 heavy (non-hydrogen) atoms. The first-order valence-corrected chi connectivity index (χ1v) is 9.33. The van der Waals surface area contributed by atoms with Crippen LogP contribution in [0.25, 0.3) is 0 Å². The SMILES string of the molecule is CCCc1nc(C(C)S(C)(=O)=O)nc(NCC)c1I. The fraction of sp³-hybridized carbons (Fsp3) is 0.667. The zero-order valence-electron chi connectivity index (χ0n) is 11.7. The molecule has 0 saturated carbocycles. The molecular formula is C12H20IN3O2S. The van der Waals surface area contributed by atoms with Crippen LogP contribution in [0.3, 0.4) is 0 Å². The molecule has 0 aliphatic rings. The predicted octanol–water partition coefficient (Wildman–Crippen LogP) is 2.57. The highest BCUT2D eigenvalue weighted by Crippen LogP contribution is 2.25. The smallest absolute Gasteiger partial charge is 0.157 e. The van der Waals surface area contributed by atoms with Gasteiger partial charge in [0.15, 0.2) is 9.84 Å². The molecule has 1 unspecified atom stereocenters. The molecule has 0 radical (unpaired) electrons. The fourth-order valence-corrected chi connectivity index (χ4v) is 2.76. The summed E-state index contributed by atoms with van der Waals surface area (Å²) < 4.78 is 24.3. The average Bonchev–Trinajstić information content (AvgIpc) is 2.32. The summed E-state index contributed by atoms with van der Waals surface area (Å²) in [7, 11) is -3.19. The molecule has 0 spiro atoms. The normalized spacial score (nSPS) is 13.3. The minimum absolute atomic E-state index is 0.377. The lowest BCUT2D eigenvalue weighted by atomic mass is 10.2. The van der Waals surface area contributed by atoms with Gasteiger partial charge in [0.25, 0.3) is 0 Å². The van der Waals surface area contributed by atoms with Gasteiger partial charge >= 0.3 is 0 Å². The van der Waals surface area contributed by atoms with Crippen LogP contribution in [0, 0.1) is 3.57 Å². The van der Waals surface area contributed by atoms with Crippen LogP contribution in [0.2, 0.25) is 0 Å². The topological polar surface area (TPSA) is 72.0 Å². The van der Waals surface area contributed by atoms with Gasteiger partial charge in [-0.2, -0.15) is 0 Å². The number of anilines is 1. The second-order valence-electron chi connectivity index (χ2n) is 4.44. The third-order valence-electron chi connectivity index (χ3n) is 2.77. The summed E-state index contributed by atoms with van der Waals surface area (Å²) in [6.07, 6.45) is 3.00. The van der Waals surface area contributed by atoms with E-state index >= 15 is 0 Å². The summed E-state index contributed by atoms with van der Waals surface area (Å²) in [6, 6.07) is 0. The summed E-state index contributed by atoms with van der Waals surface area (Å²) in [5.74, 6) is 1.11. The van der Waals surface area contributed by atoms with Crippen molar-refractivity contribution in [1.29, 1.82) is 0 Å². The molecule has 1 atom stereocenters. The van der Waals surface area contributed by atoms with Crippen molar-refractivity contribution in [3.63, 3.8) is 0 Å². The number of hydrogen-bond acceptors (Lipinski definition) is 5. The molecular weight excluding hydrogens is 377 g/mol. The molecule has 0 aliphatic heterocycles. The van der Waals surface area contributed by atoms with E-state index in [-0.39, 0.29) is 0 Å². The Kier molecular flexibility index (Phi) is 5.97. The fourth-order valence-electron chi connectivity index (χ4n) is 1.57. The number of hydrogen-bond donors (Lipinski definition) is 1. The van der Waals surface area contributed by atoms with E-state index < -0.39 is 15.1 Å². The Morgan fingerprint density at radius 3 is 2.42 bits per heavy atom. The van der Waals surface area contributed by atoms with E-state index in [1.807, 2.05) is 6.92 Å². The van der Waals surface area contributed by atoms with Crippen molar-refractivity contribution in [3.05, 3.63) is 15.1 Å². The molecule has 0 fully saturated rings. The van der Waals surface area contributed by atoms with Gasteiger partial charge < -0.3 is 5.32 Å². The highest BCUT2D eigenvalue weighted by molar-refractivity contribution is 14.1. The van der Waals surface area contributed by atoms with Crippen molar-refractivity contribution in [3.8, 4) is 0 Å². The molecule has 1 rings (SSSR count). The summed E-state index contributed by atoms with van der Waals surface area (Å²) >= 11 is 2.21. The molecule has 7 heteroatoms. The molecule has 0 aromatic carbocycles. The van der Waals surface area contributed by atoms with Crippen LogP contribution in [0.15, 0.2) is 0 Å². The van der Waals surface area contributed by atoms with Crippen molar-refractivity contribution in [1.82, 2.24) is 9.97 Å². The second kappa shape index (κ2) is 6.83. The maximum absolute atomic E-state index is 11.7. The zero-order chi connectivity index (χ0) is 14.6. The number of rotatable bonds is 6. The summed E-state index contributed by atoms with van der Waals surface area (Å²) in [4.78, 5) is 8.80. The number of sulfone groups is 1. The third-order valence-corrected chi connectivity index (χ3v) is 5.40. The molecule has 5 nitrogen and oxygen atoms in total. The minimum Gasteiger partial charge on any atom is -0.369 e. The number of nitrogens with one attached hydrogen (secondary N) is 1. The standard InChI is InChI=1S/C12H20IN3O2S/c1-5-7-9-10(13)12(14-6-2)16-11(15-9)8(3)19(4,17)18/h8H,5-7H2,1-4H3,(H,14,15,16). The van der Waals surface area contributed by atoms with Gasteiger partial charge in [-0.3, -0.25) is 0 Å². The van der Waals surface area contributed by atoms with E-state index in [1.54, 1.807) is 6.92 Å². The maximum Gasteiger partial charge on any atom is 0.157 e. The van der Waals surface area contributed by atoms with Crippen LogP contribution >= 0.6 is 22.6 Å². The van der Waals surface area contributed by atoms with Gasteiger partial charge in [0.05, 0.1) is 9.26 Å². The van der Waals surface area contributed by atoms with Crippen LogP contribution in [0.1, 0.15) is 44.0 Å². The van der Waals surface area contributed by atoms with Crippen molar-refractivity contribution >= 4 is 38.2 Å². The first-order chi connectivity index (χ1) is 8.81. The largest absolute Gasteiger partial charge is 0.369 e. The first-order valence-electron chi connectivity index (χ1n) is 6.30. The summed E-state index contributed by atoms with van der Waals surface area (Å²) in [5.41, 5.74) is 0.916. The quantitative estimate of drug-likeness (QED) is 0.748. The van der Waals surface area contributed by atoms with E-state index in [0.717, 1.165) is 34.5 Å². The van der Waals surface area contributed by atoms with Gasteiger partial charge in [0, 0.05) is 12.8 Å². The molecule has 1 aromatic rings. The molecule has 0 saturated heterocycles. The summed E-state index contributed by atoms with van der Waals surface area (Å²) in [6.45, 7) is 6.43. The Bertz CT molecular complexity index is 519. The average molecular weight is 397 g/mol. The van der Waals surface area contributed by atoms with E-state index in [0.29, 0.717) is 5.82 Å². The van der Waals surface area contributed by atoms with Gasteiger partial charge in [0.2, 0.25) is 0 Å². The van der Waals surface area contributed by atoms with Gasteiger partial charge in [0.1, 0.15) is 16.9 Å². The lowest BCUT2D eigenvalue weighted by molar-refractivity contribution is 0.588. The highest BCUT2D eigenvalue weighted by Gasteiger charge is 2.23. The number of aryl methyl sites for hydroxylation is 1. The van der Waals surface area contributed by atoms with E-state index in [9.17, 15) is 8.42 Å². The molecule has 0 amide bonds. The van der Waals surface area contributed by atoms with Gasteiger partial charge in [-0.25, -0.2) is 18.4 Å². The minimum atomic E-state index is -3.19. The van der Waals surface area contributed by atoms with Crippen LogP contribution < -0.4 is 5.32 Å². The third kappa shape index (κ3) is 4.27. The lowest BCUT2D eigenvalue weighted by Crippen LogP contribution is -2.16. The highest BCUT2D eigenvalue weighted by atomic mass is 127. The van der Waals surface area contributed by atoms with Crippen molar-refractivity contribution in [2.24, 2.45) is 0 Å². The Labute approximate surface area is 128 Å². The lowest BCUT2D eigenvalue weighted by Gasteiger charge is -2.14. The molecule has 108 valence electrons. The number of aromatic nitrogens is 2. The Hall–Kier alpha value is -0.440. The van der Waals surface area contributed by atoms with E-state index in [1.165, 1.54) is 6.26 Å². The van der Waals surface area contributed by atoms with Crippen LogP contribution in [0.4, 0.5) is 5.82 Å². The predicted molar refractivity (Wildman–Crippen MR) is 86.2 cm³/mol. The Balaban J connectivity index is 3.33. The maximum atomic E-state index is 11.7. The van der Waals surface area contributed by atoms with Gasteiger partial charge in [-0.15, -0.1) is 0 Å². The Morgan fingerprint density at radius 2 is 1.95 bits per heavy atom. The van der Waals surface area contributed by atoms with Crippen molar-refractivity contribution in [2.75, 3.05) is 18.1 Å². The van der Waals surface area contributed by atoms with E-state index in [4.69, 9.17) is 0 Å². The molecule has 1 N–H and O–H groups in total. The van der Waals surface area contributed by atoms with Crippen LogP contribution in [-0.2, 0) is 16.3 Å². The monoisotopic (exact) mass is 397 g/mol. The van der Waals surface area contributed by atoms with Crippen molar-refractivity contribution < 1.29 is 8.42 Å². The molecule has 0 bridgehead atoms. The van der Waals surface area contributed by atoms with Crippen LogP contribution in [-0.4, -0.2) is 31.2 Å². The second-order valence-corrected chi connectivity index (χ2v) is 7.89. The number of halogens is 1. The molecule has 1 aromatic heterocycles. The Morgan fingerprint density at radius 1 is 1.32 bits per heavy atom. The van der Waals surface area contributed by atoms with Crippen molar-refractivity contribution in [2.45, 2.75) is 38.9 Å². The van der Waals surface area contributed by atoms with Gasteiger partial charge in [-0.1, -0.05) is 13.3 Å². The number of nitrogens with zero attached hydrogens (tertiary/aromatic N) is 2. The van der Waals surface area contributed by atoms with E-state index in [2.05, 4.69) is 44.8 Å². The van der Waals surface area contributed by atoms with Gasteiger partial charge in [-0.05, 0) is 42.9 Å². The summed E-state index contributed by atoms with van der Waals surface area (Å²) in [5, 5.41) is 2.49. The first kappa shape index (κ1) is 16.6.